The Morgan fingerprint density at radius 3 is 2.79 bits per heavy atom. The maximum absolute atomic E-state index is 11.8. The summed E-state index contributed by atoms with van der Waals surface area (Å²) in [4.78, 5) is 14.1. The highest BCUT2D eigenvalue weighted by Crippen LogP contribution is 2.16. The smallest absolute Gasteiger partial charge is 0.221 e. The van der Waals surface area contributed by atoms with Gasteiger partial charge in [-0.1, -0.05) is 18.2 Å². The van der Waals surface area contributed by atoms with E-state index < -0.39 is 0 Å². The highest BCUT2D eigenvalue weighted by atomic mass is 16.5. The molecule has 1 aromatic rings. The monoisotopic (exact) mass is 262 g/mol. The Morgan fingerprint density at radius 1 is 1.32 bits per heavy atom. The molecule has 104 valence electrons. The van der Waals surface area contributed by atoms with Crippen molar-refractivity contribution in [1.82, 2.24) is 10.2 Å². The van der Waals surface area contributed by atoms with Gasteiger partial charge in [0.1, 0.15) is 5.75 Å². The van der Waals surface area contributed by atoms with Crippen LogP contribution in [-0.4, -0.2) is 37.6 Å². The van der Waals surface area contributed by atoms with E-state index >= 15 is 0 Å². The van der Waals surface area contributed by atoms with E-state index in [4.69, 9.17) is 4.74 Å². The van der Waals surface area contributed by atoms with E-state index in [2.05, 4.69) is 10.2 Å². The van der Waals surface area contributed by atoms with Crippen LogP contribution in [0.5, 0.6) is 5.75 Å². The van der Waals surface area contributed by atoms with Gasteiger partial charge in [-0.05, 0) is 32.0 Å². The Bertz CT molecular complexity index is 414. The van der Waals surface area contributed by atoms with E-state index in [1.54, 1.807) is 7.11 Å². The minimum atomic E-state index is 0.109. The van der Waals surface area contributed by atoms with E-state index in [9.17, 15) is 4.79 Å². The number of ether oxygens (including phenoxy) is 1. The number of para-hydroxylation sites is 1. The molecule has 4 nitrogen and oxygen atoms in total. The van der Waals surface area contributed by atoms with Crippen molar-refractivity contribution < 1.29 is 9.53 Å². The number of hydrogen-bond donors (Lipinski definition) is 1. The number of rotatable bonds is 6. The lowest BCUT2D eigenvalue weighted by molar-refractivity contribution is -0.121. The first-order valence-corrected chi connectivity index (χ1v) is 6.90. The summed E-state index contributed by atoms with van der Waals surface area (Å²) in [6.45, 7) is 3.68. The first kappa shape index (κ1) is 13.9. The Hall–Kier alpha value is -1.55. The summed E-state index contributed by atoms with van der Waals surface area (Å²) in [5.74, 6) is 0.931. The van der Waals surface area contributed by atoms with E-state index in [1.165, 1.54) is 12.8 Å². The molecule has 0 aromatic heterocycles. The zero-order valence-electron chi connectivity index (χ0n) is 11.5. The Balaban J connectivity index is 1.73. The number of amides is 1. The second kappa shape index (κ2) is 7.14. The van der Waals surface area contributed by atoms with Crippen LogP contribution in [0.25, 0.3) is 0 Å². The molecule has 0 saturated carbocycles. The van der Waals surface area contributed by atoms with Crippen LogP contribution in [0.3, 0.4) is 0 Å². The van der Waals surface area contributed by atoms with Gasteiger partial charge < -0.3 is 15.0 Å². The molecule has 1 aromatic carbocycles. The number of carbonyl (C=O) groups is 1. The fourth-order valence-electron chi connectivity index (χ4n) is 2.40. The summed E-state index contributed by atoms with van der Waals surface area (Å²) in [5.41, 5.74) is 1.01. The lowest BCUT2D eigenvalue weighted by Crippen LogP contribution is -2.29. The summed E-state index contributed by atoms with van der Waals surface area (Å²) >= 11 is 0. The number of carbonyl (C=O) groups excluding carboxylic acids is 1. The van der Waals surface area contributed by atoms with Gasteiger partial charge in [0.05, 0.1) is 7.11 Å². The van der Waals surface area contributed by atoms with Crippen LogP contribution in [0.4, 0.5) is 0 Å². The molecule has 1 heterocycles. The van der Waals surface area contributed by atoms with Crippen LogP contribution in [0.2, 0.25) is 0 Å². The average Bonchev–Trinajstić information content (AvgIpc) is 2.96. The van der Waals surface area contributed by atoms with Gasteiger partial charge in [0.15, 0.2) is 0 Å². The normalized spacial score (nSPS) is 15.4. The summed E-state index contributed by atoms with van der Waals surface area (Å²) in [6.07, 6.45) is 3.11. The van der Waals surface area contributed by atoms with Gasteiger partial charge in [-0.25, -0.2) is 0 Å². The predicted molar refractivity (Wildman–Crippen MR) is 75.1 cm³/mol. The second-order valence-electron chi connectivity index (χ2n) is 4.89. The second-order valence-corrected chi connectivity index (χ2v) is 4.89. The van der Waals surface area contributed by atoms with Gasteiger partial charge in [0.25, 0.3) is 0 Å². The predicted octanol–water partition coefficient (Wildman–Crippen LogP) is 1.80. The van der Waals surface area contributed by atoms with Gasteiger partial charge in [0.2, 0.25) is 5.91 Å². The van der Waals surface area contributed by atoms with E-state index in [-0.39, 0.29) is 5.91 Å². The fraction of sp³-hybridized carbons (Fsp3) is 0.533. The maximum Gasteiger partial charge on any atom is 0.221 e. The van der Waals surface area contributed by atoms with Crippen LogP contribution in [0, 0.1) is 0 Å². The SMILES string of the molecule is COc1ccccc1CNC(=O)CCN1CCCC1. The molecule has 0 unspecified atom stereocenters. The van der Waals surface area contributed by atoms with Crippen molar-refractivity contribution in [2.75, 3.05) is 26.7 Å². The van der Waals surface area contributed by atoms with Gasteiger partial charge in [0, 0.05) is 25.1 Å². The van der Waals surface area contributed by atoms with Crippen LogP contribution >= 0.6 is 0 Å². The summed E-state index contributed by atoms with van der Waals surface area (Å²) in [6, 6.07) is 7.76. The molecule has 1 N–H and O–H groups in total. The Labute approximate surface area is 114 Å². The summed E-state index contributed by atoms with van der Waals surface area (Å²) in [7, 11) is 1.65. The van der Waals surface area contributed by atoms with Gasteiger partial charge in [-0.3, -0.25) is 4.79 Å². The minimum Gasteiger partial charge on any atom is -0.496 e. The zero-order chi connectivity index (χ0) is 13.5. The quantitative estimate of drug-likeness (QED) is 0.850. The van der Waals surface area contributed by atoms with E-state index in [0.717, 1.165) is 30.9 Å². The molecule has 2 rings (SSSR count). The Kier molecular flexibility index (Phi) is 5.21. The molecular formula is C15H22N2O2. The molecule has 1 fully saturated rings. The van der Waals surface area contributed by atoms with Crippen LogP contribution < -0.4 is 10.1 Å². The molecule has 1 saturated heterocycles. The molecule has 1 amide bonds. The first-order chi connectivity index (χ1) is 9.29. The number of benzene rings is 1. The first-order valence-electron chi connectivity index (χ1n) is 6.90. The highest BCUT2D eigenvalue weighted by molar-refractivity contribution is 5.76. The third-order valence-electron chi connectivity index (χ3n) is 3.52. The number of nitrogens with one attached hydrogen (secondary N) is 1. The molecule has 0 bridgehead atoms. The molecule has 0 radical (unpaired) electrons. The van der Waals surface area contributed by atoms with Crippen molar-refractivity contribution in [3.05, 3.63) is 29.8 Å². The van der Waals surface area contributed by atoms with Crippen LogP contribution in [0.15, 0.2) is 24.3 Å². The zero-order valence-corrected chi connectivity index (χ0v) is 11.5. The van der Waals surface area contributed by atoms with Gasteiger partial charge in [-0.15, -0.1) is 0 Å². The largest absolute Gasteiger partial charge is 0.496 e. The van der Waals surface area contributed by atoms with E-state index in [0.29, 0.717) is 13.0 Å². The number of likely N-dealkylation sites (tertiary alicyclic amines) is 1. The molecule has 1 aliphatic rings. The third kappa shape index (κ3) is 4.24. The fourth-order valence-corrected chi connectivity index (χ4v) is 2.40. The van der Waals surface area contributed by atoms with Crippen molar-refractivity contribution in [3.63, 3.8) is 0 Å². The van der Waals surface area contributed by atoms with Crippen molar-refractivity contribution >= 4 is 5.91 Å². The van der Waals surface area contributed by atoms with Crippen LogP contribution in [0.1, 0.15) is 24.8 Å². The van der Waals surface area contributed by atoms with Crippen LogP contribution in [-0.2, 0) is 11.3 Å². The van der Waals surface area contributed by atoms with Crippen molar-refractivity contribution in [1.29, 1.82) is 0 Å². The number of methoxy groups -OCH3 is 1. The molecular weight excluding hydrogens is 240 g/mol. The molecule has 19 heavy (non-hydrogen) atoms. The molecule has 0 spiro atoms. The number of nitrogens with zero attached hydrogens (tertiary/aromatic N) is 1. The lowest BCUT2D eigenvalue weighted by Gasteiger charge is -2.14. The molecule has 0 aliphatic carbocycles. The summed E-state index contributed by atoms with van der Waals surface area (Å²) < 4.78 is 5.26. The van der Waals surface area contributed by atoms with Crippen molar-refractivity contribution in [2.24, 2.45) is 0 Å². The van der Waals surface area contributed by atoms with Gasteiger partial charge >= 0.3 is 0 Å². The minimum absolute atomic E-state index is 0.109. The molecule has 0 atom stereocenters. The summed E-state index contributed by atoms with van der Waals surface area (Å²) in [5, 5.41) is 2.95. The number of hydrogen-bond acceptors (Lipinski definition) is 3. The molecule has 1 aliphatic heterocycles. The highest BCUT2D eigenvalue weighted by Gasteiger charge is 2.12. The average molecular weight is 262 g/mol. The van der Waals surface area contributed by atoms with Gasteiger partial charge in [-0.2, -0.15) is 0 Å². The lowest BCUT2D eigenvalue weighted by atomic mass is 10.2. The maximum atomic E-state index is 11.8. The Morgan fingerprint density at radius 2 is 2.05 bits per heavy atom. The van der Waals surface area contributed by atoms with E-state index in [1.807, 2.05) is 24.3 Å². The van der Waals surface area contributed by atoms with Crippen molar-refractivity contribution in [2.45, 2.75) is 25.8 Å². The van der Waals surface area contributed by atoms with Crippen molar-refractivity contribution in [3.8, 4) is 5.75 Å². The topological polar surface area (TPSA) is 41.6 Å². The standard InChI is InChI=1S/C15H22N2O2/c1-19-14-7-3-2-6-13(14)12-16-15(18)8-11-17-9-4-5-10-17/h2-3,6-7H,4-5,8-12H2,1H3,(H,16,18). The molecule has 4 heteroatoms. The third-order valence-corrected chi connectivity index (χ3v) is 3.52.